The van der Waals surface area contributed by atoms with Gasteiger partial charge in [0.15, 0.2) is 0 Å². The summed E-state index contributed by atoms with van der Waals surface area (Å²) < 4.78 is 0. The molecule has 1 aromatic rings. The van der Waals surface area contributed by atoms with Crippen LogP contribution < -0.4 is 0 Å². The summed E-state index contributed by atoms with van der Waals surface area (Å²) >= 11 is 0. The lowest BCUT2D eigenvalue weighted by Gasteiger charge is -2.18. The lowest BCUT2D eigenvalue weighted by atomic mass is 9.89. The standard InChI is InChI=1S/C12H13N3.C2H6/c1-10-4-3-6-12(2,7-5-10)11-14-8-13-9-15-11;1-2/h3-9H,1-2H3;1-2H3. The quantitative estimate of drug-likeness (QED) is 0.742. The number of rotatable bonds is 1. The maximum Gasteiger partial charge on any atom is 0.145 e. The van der Waals surface area contributed by atoms with E-state index in [1.165, 1.54) is 18.2 Å². The Balaban J connectivity index is 0.000000686. The molecule has 1 unspecified atom stereocenters. The van der Waals surface area contributed by atoms with Crippen LogP contribution in [0.3, 0.4) is 0 Å². The van der Waals surface area contributed by atoms with Gasteiger partial charge in [-0.15, -0.1) is 0 Å². The van der Waals surface area contributed by atoms with Gasteiger partial charge in [-0.2, -0.15) is 0 Å². The molecule has 1 aromatic heterocycles. The monoisotopic (exact) mass is 229 g/mol. The highest BCUT2D eigenvalue weighted by molar-refractivity contribution is 5.36. The van der Waals surface area contributed by atoms with Crippen molar-refractivity contribution < 1.29 is 0 Å². The molecule has 1 aliphatic rings. The SMILES string of the molecule is CC.CC1=CC=CC(C)(c2ncncn2)C=C1. The first kappa shape index (κ1) is 13.3. The van der Waals surface area contributed by atoms with Gasteiger partial charge in [0.1, 0.15) is 18.5 Å². The van der Waals surface area contributed by atoms with E-state index in [1.807, 2.05) is 19.9 Å². The van der Waals surface area contributed by atoms with Crippen LogP contribution in [0.25, 0.3) is 0 Å². The zero-order valence-electron chi connectivity index (χ0n) is 10.9. The summed E-state index contributed by atoms with van der Waals surface area (Å²) in [5, 5.41) is 0. The largest absolute Gasteiger partial charge is 0.225 e. The summed E-state index contributed by atoms with van der Waals surface area (Å²) in [6.45, 7) is 8.15. The third-order valence-electron chi connectivity index (χ3n) is 2.47. The topological polar surface area (TPSA) is 38.7 Å². The van der Waals surface area contributed by atoms with Gasteiger partial charge in [0, 0.05) is 0 Å². The Morgan fingerprint density at radius 3 is 2.35 bits per heavy atom. The molecule has 0 amide bonds. The summed E-state index contributed by atoms with van der Waals surface area (Å²) in [5.74, 6) is 0.771. The van der Waals surface area contributed by atoms with E-state index in [0.29, 0.717) is 0 Å². The van der Waals surface area contributed by atoms with Gasteiger partial charge in [0.2, 0.25) is 0 Å². The maximum atomic E-state index is 4.19. The lowest BCUT2D eigenvalue weighted by Crippen LogP contribution is -2.19. The Hall–Kier alpha value is -1.77. The van der Waals surface area contributed by atoms with Gasteiger partial charge in [-0.05, 0) is 13.8 Å². The molecule has 0 aromatic carbocycles. The van der Waals surface area contributed by atoms with Crippen molar-refractivity contribution in [2.75, 3.05) is 0 Å². The molecule has 3 heteroatoms. The summed E-state index contributed by atoms with van der Waals surface area (Å²) in [4.78, 5) is 12.2. The molecule has 0 saturated carbocycles. The van der Waals surface area contributed by atoms with E-state index in [-0.39, 0.29) is 5.41 Å². The smallest absolute Gasteiger partial charge is 0.145 e. The normalized spacial score (nSPS) is 22.2. The van der Waals surface area contributed by atoms with Crippen LogP contribution in [-0.2, 0) is 5.41 Å². The molecule has 3 nitrogen and oxygen atoms in total. The number of aromatic nitrogens is 3. The summed E-state index contributed by atoms with van der Waals surface area (Å²) in [7, 11) is 0. The molecule has 0 N–H and O–H groups in total. The van der Waals surface area contributed by atoms with E-state index in [9.17, 15) is 0 Å². The molecule has 90 valence electrons. The second kappa shape index (κ2) is 6.09. The average Bonchev–Trinajstić information content (AvgIpc) is 2.56. The number of nitrogens with zero attached hydrogens (tertiary/aromatic N) is 3. The summed E-state index contributed by atoms with van der Waals surface area (Å²) in [6.07, 6.45) is 13.5. The number of hydrogen-bond donors (Lipinski definition) is 0. The zero-order chi connectivity index (χ0) is 12.7. The molecule has 17 heavy (non-hydrogen) atoms. The van der Waals surface area contributed by atoms with Crippen molar-refractivity contribution >= 4 is 0 Å². The van der Waals surface area contributed by atoms with E-state index in [1.54, 1.807) is 0 Å². The highest BCUT2D eigenvalue weighted by atomic mass is 15.0. The average molecular weight is 229 g/mol. The van der Waals surface area contributed by atoms with Gasteiger partial charge in [-0.25, -0.2) is 15.0 Å². The van der Waals surface area contributed by atoms with Crippen molar-refractivity contribution in [3.8, 4) is 0 Å². The Kier molecular flexibility index (Phi) is 4.76. The predicted molar refractivity (Wildman–Crippen MR) is 70.6 cm³/mol. The van der Waals surface area contributed by atoms with E-state index in [4.69, 9.17) is 0 Å². The van der Waals surface area contributed by atoms with E-state index < -0.39 is 0 Å². The Labute approximate surface area is 103 Å². The first-order chi connectivity index (χ1) is 8.21. The zero-order valence-corrected chi connectivity index (χ0v) is 10.9. The molecule has 0 saturated heterocycles. The Morgan fingerprint density at radius 1 is 1.06 bits per heavy atom. The minimum absolute atomic E-state index is 0.239. The first-order valence-electron chi connectivity index (χ1n) is 5.88. The highest BCUT2D eigenvalue weighted by Crippen LogP contribution is 2.25. The van der Waals surface area contributed by atoms with Crippen molar-refractivity contribution in [1.82, 2.24) is 15.0 Å². The maximum absolute atomic E-state index is 4.19. The molecule has 1 atom stereocenters. The third-order valence-corrected chi connectivity index (χ3v) is 2.47. The van der Waals surface area contributed by atoms with Crippen molar-refractivity contribution in [3.63, 3.8) is 0 Å². The number of allylic oxidation sites excluding steroid dienone is 6. The van der Waals surface area contributed by atoms with Crippen LogP contribution in [0.4, 0.5) is 0 Å². The van der Waals surface area contributed by atoms with Crippen LogP contribution in [0.5, 0.6) is 0 Å². The molecule has 0 radical (unpaired) electrons. The van der Waals surface area contributed by atoms with Gasteiger partial charge in [0.05, 0.1) is 5.41 Å². The van der Waals surface area contributed by atoms with E-state index >= 15 is 0 Å². The van der Waals surface area contributed by atoms with Crippen LogP contribution in [0.2, 0.25) is 0 Å². The van der Waals surface area contributed by atoms with E-state index in [2.05, 4.69) is 53.1 Å². The second-order valence-corrected chi connectivity index (χ2v) is 3.85. The molecule has 0 fully saturated rings. The summed E-state index contributed by atoms with van der Waals surface area (Å²) in [6, 6.07) is 0. The Morgan fingerprint density at radius 2 is 1.71 bits per heavy atom. The van der Waals surface area contributed by atoms with E-state index in [0.717, 1.165) is 5.82 Å². The van der Waals surface area contributed by atoms with Crippen LogP contribution in [0.15, 0.2) is 48.6 Å². The minimum Gasteiger partial charge on any atom is -0.225 e. The predicted octanol–water partition coefficient (Wildman–Crippen LogP) is 3.23. The lowest BCUT2D eigenvalue weighted by molar-refractivity contribution is 0.677. The van der Waals surface area contributed by atoms with Gasteiger partial charge >= 0.3 is 0 Å². The molecule has 2 rings (SSSR count). The molecule has 0 aliphatic heterocycles. The van der Waals surface area contributed by atoms with Crippen molar-refractivity contribution in [2.24, 2.45) is 0 Å². The van der Waals surface area contributed by atoms with Gasteiger partial charge in [-0.3, -0.25) is 0 Å². The second-order valence-electron chi connectivity index (χ2n) is 3.85. The molecular formula is C14H19N3. The molecular weight excluding hydrogens is 210 g/mol. The fourth-order valence-electron chi connectivity index (χ4n) is 1.48. The van der Waals surface area contributed by atoms with Crippen LogP contribution in [0, 0.1) is 0 Å². The number of hydrogen-bond acceptors (Lipinski definition) is 3. The fraction of sp³-hybridized carbons (Fsp3) is 0.357. The third kappa shape index (κ3) is 3.34. The summed E-state index contributed by atoms with van der Waals surface area (Å²) in [5.41, 5.74) is 0.987. The van der Waals surface area contributed by atoms with Crippen molar-refractivity contribution in [1.29, 1.82) is 0 Å². The van der Waals surface area contributed by atoms with Gasteiger partial charge in [-0.1, -0.05) is 49.8 Å². The van der Waals surface area contributed by atoms with Crippen molar-refractivity contribution in [3.05, 3.63) is 54.4 Å². The Bertz CT molecular complexity index is 432. The first-order valence-corrected chi connectivity index (χ1v) is 5.88. The molecule has 1 heterocycles. The van der Waals surface area contributed by atoms with Gasteiger partial charge in [0.25, 0.3) is 0 Å². The van der Waals surface area contributed by atoms with Crippen LogP contribution in [-0.4, -0.2) is 15.0 Å². The molecule has 1 aliphatic carbocycles. The van der Waals surface area contributed by atoms with Crippen LogP contribution in [0.1, 0.15) is 33.5 Å². The van der Waals surface area contributed by atoms with Crippen molar-refractivity contribution in [2.45, 2.75) is 33.1 Å². The molecule has 0 spiro atoms. The fourth-order valence-corrected chi connectivity index (χ4v) is 1.48. The molecule has 0 bridgehead atoms. The van der Waals surface area contributed by atoms with Crippen LogP contribution >= 0.6 is 0 Å². The van der Waals surface area contributed by atoms with Gasteiger partial charge < -0.3 is 0 Å². The minimum atomic E-state index is -0.239. The highest BCUT2D eigenvalue weighted by Gasteiger charge is 2.23.